The van der Waals surface area contributed by atoms with Gasteiger partial charge in [-0.1, -0.05) is 48.8 Å². The Labute approximate surface area is 116 Å². The minimum atomic E-state index is -0.340. The summed E-state index contributed by atoms with van der Waals surface area (Å²) in [5, 5.41) is 8.64. The molecular weight excluding hydrogens is 296 g/mol. The molecule has 0 saturated carbocycles. The number of hydrogen-bond acceptors (Lipinski definition) is 1. The first-order valence-electron chi connectivity index (χ1n) is 5.61. The first-order chi connectivity index (χ1) is 7.58. The molecule has 0 aliphatic heterocycles. The van der Waals surface area contributed by atoms with E-state index in [1.165, 1.54) is 0 Å². The number of rotatable bonds is 1. The van der Waals surface area contributed by atoms with Crippen LogP contribution in [0, 0.1) is 0 Å². The molecule has 0 aliphatic rings. The molecule has 1 rings (SSSR count). The zero-order valence-corrected chi connectivity index (χ0v) is 14.2. The van der Waals surface area contributed by atoms with Gasteiger partial charge in [-0.05, 0) is 41.2 Å². The van der Waals surface area contributed by atoms with Crippen LogP contribution in [0.15, 0.2) is 28.7 Å². The minimum absolute atomic E-state index is 0.111. The standard InChI is InChI=1S/C7H7BrO.C7H18S/c8-7-3-1-2-6(4-7)5-9;1-7(2,3)8(4,5)6/h1-4,9H,5H2;1-6H3. The highest BCUT2D eigenvalue weighted by Gasteiger charge is 2.21. The minimum Gasteiger partial charge on any atom is -0.392 e. The number of benzene rings is 1. The molecule has 1 nitrogen and oxygen atoms in total. The maximum atomic E-state index is 8.64. The van der Waals surface area contributed by atoms with E-state index in [-0.39, 0.29) is 16.6 Å². The van der Waals surface area contributed by atoms with E-state index in [9.17, 15) is 0 Å². The summed E-state index contributed by atoms with van der Waals surface area (Å²) in [5.41, 5.74) is 0.935. The van der Waals surface area contributed by atoms with Gasteiger partial charge in [0.2, 0.25) is 0 Å². The molecule has 0 fully saturated rings. The number of aliphatic hydroxyl groups excluding tert-OH is 1. The van der Waals surface area contributed by atoms with Crippen LogP contribution < -0.4 is 0 Å². The van der Waals surface area contributed by atoms with Crippen LogP contribution in [0.1, 0.15) is 26.3 Å². The summed E-state index contributed by atoms with van der Waals surface area (Å²) in [4.78, 5) is 0. The normalized spacial score (nSPS) is 12.7. The van der Waals surface area contributed by atoms with Crippen LogP contribution in [0.3, 0.4) is 0 Å². The molecule has 1 N–H and O–H groups in total. The average molecular weight is 321 g/mol. The lowest BCUT2D eigenvalue weighted by atomic mass is 10.2. The molecule has 0 aliphatic carbocycles. The third-order valence-electron chi connectivity index (χ3n) is 2.91. The van der Waals surface area contributed by atoms with Gasteiger partial charge in [-0.2, -0.15) is 0 Å². The van der Waals surface area contributed by atoms with Crippen LogP contribution in [0.2, 0.25) is 0 Å². The average Bonchev–Trinajstić information content (AvgIpc) is 2.15. The van der Waals surface area contributed by atoms with Crippen molar-refractivity contribution in [3.8, 4) is 0 Å². The van der Waals surface area contributed by atoms with E-state index < -0.39 is 0 Å². The van der Waals surface area contributed by atoms with Gasteiger partial charge in [-0.3, -0.25) is 0 Å². The van der Waals surface area contributed by atoms with Crippen LogP contribution in [-0.2, 0) is 6.61 Å². The van der Waals surface area contributed by atoms with E-state index in [4.69, 9.17) is 5.11 Å². The molecule has 3 heteroatoms. The van der Waals surface area contributed by atoms with Crippen molar-refractivity contribution in [2.24, 2.45) is 0 Å². The SMILES string of the molecule is CC(C)(C)S(C)(C)C.OCc1cccc(Br)c1. The van der Waals surface area contributed by atoms with E-state index in [0.29, 0.717) is 4.75 Å². The summed E-state index contributed by atoms with van der Waals surface area (Å²) in [6, 6.07) is 7.60. The molecule has 0 aromatic heterocycles. The van der Waals surface area contributed by atoms with Crippen LogP contribution in [0.5, 0.6) is 0 Å². The summed E-state index contributed by atoms with van der Waals surface area (Å²) in [5.74, 6) is 0. The molecule has 17 heavy (non-hydrogen) atoms. The van der Waals surface area contributed by atoms with Crippen molar-refractivity contribution < 1.29 is 5.11 Å². The predicted octanol–water partition coefficient (Wildman–Crippen LogP) is 4.42. The summed E-state index contributed by atoms with van der Waals surface area (Å²) in [6.07, 6.45) is 7.06. The fourth-order valence-corrected chi connectivity index (χ4v) is 1.08. The van der Waals surface area contributed by atoms with Gasteiger partial charge in [-0.15, -0.1) is 0 Å². The van der Waals surface area contributed by atoms with Crippen LogP contribution in [0.4, 0.5) is 0 Å². The third kappa shape index (κ3) is 7.12. The summed E-state index contributed by atoms with van der Waals surface area (Å²) >= 11 is 3.29. The highest BCUT2D eigenvalue weighted by Crippen LogP contribution is 2.48. The Morgan fingerprint density at radius 3 is 1.88 bits per heavy atom. The zero-order valence-electron chi connectivity index (χ0n) is 11.7. The second-order valence-corrected chi connectivity index (χ2v) is 11.6. The topological polar surface area (TPSA) is 20.2 Å². The van der Waals surface area contributed by atoms with Crippen LogP contribution >= 0.6 is 26.0 Å². The number of halogens is 1. The zero-order chi connectivity index (χ0) is 13.7. The van der Waals surface area contributed by atoms with Crippen LogP contribution in [0.25, 0.3) is 0 Å². The number of aliphatic hydroxyl groups is 1. The molecule has 0 atom stereocenters. The smallest absolute Gasteiger partial charge is 0.0682 e. The Hall–Kier alpha value is 0.01000. The molecule has 1 aromatic rings. The molecule has 0 radical (unpaired) electrons. The second-order valence-electron chi connectivity index (χ2n) is 5.74. The molecular formula is C14H25BrOS. The monoisotopic (exact) mass is 320 g/mol. The van der Waals surface area contributed by atoms with Crippen molar-refractivity contribution >= 4 is 26.0 Å². The number of hydrogen-bond donors (Lipinski definition) is 1. The van der Waals surface area contributed by atoms with Gasteiger partial charge in [-0.25, -0.2) is 10.0 Å². The van der Waals surface area contributed by atoms with Gasteiger partial charge in [0.15, 0.2) is 0 Å². The molecule has 0 amide bonds. The lowest BCUT2D eigenvalue weighted by Crippen LogP contribution is -2.21. The predicted molar refractivity (Wildman–Crippen MR) is 85.2 cm³/mol. The highest BCUT2D eigenvalue weighted by atomic mass is 79.9. The first-order valence-corrected chi connectivity index (χ1v) is 9.26. The second kappa shape index (κ2) is 6.81. The van der Waals surface area contributed by atoms with Gasteiger partial charge in [0.05, 0.1) is 6.61 Å². The largest absolute Gasteiger partial charge is 0.392 e. The molecule has 0 spiro atoms. The molecule has 0 heterocycles. The van der Waals surface area contributed by atoms with Crippen molar-refractivity contribution in [3.05, 3.63) is 34.3 Å². The van der Waals surface area contributed by atoms with Crippen molar-refractivity contribution in [3.63, 3.8) is 0 Å². The Bertz CT molecular complexity index is 325. The Kier molecular flexibility index (Phi) is 6.82. The Balaban J connectivity index is 0.000000304. The fourth-order valence-electron chi connectivity index (χ4n) is 0.635. The highest BCUT2D eigenvalue weighted by molar-refractivity contribution is 9.10. The Morgan fingerprint density at radius 2 is 1.65 bits per heavy atom. The van der Waals surface area contributed by atoms with Crippen molar-refractivity contribution in [2.45, 2.75) is 32.1 Å². The first kappa shape index (κ1) is 17.0. The van der Waals surface area contributed by atoms with Gasteiger partial charge in [0.1, 0.15) is 0 Å². The summed E-state index contributed by atoms with van der Waals surface area (Å²) in [6.45, 7) is 7.03. The summed E-state index contributed by atoms with van der Waals surface area (Å²) < 4.78 is 1.53. The lowest BCUT2D eigenvalue weighted by Gasteiger charge is -2.40. The Morgan fingerprint density at radius 1 is 1.18 bits per heavy atom. The lowest BCUT2D eigenvalue weighted by molar-refractivity contribution is 0.282. The van der Waals surface area contributed by atoms with E-state index in [1.807, 2.05) is 24.3 Å². The molecule has 1 aromatic carbocycles. The molecule has 100 valence electrons. The van der Waals surface area contributed by atoms with Crippen molar-refractivity contribution in [1.29, 1.82) is 0 Å². The van der Waals surface area contributed by atoms with Crippen LogP contribution in [-0.4, -0.2) is 28.6 Å². The molecule has 0 saturated heterocycles. The van der Waals surface area contributed by atoms with Gasteiger partial charge >= 0.3 is 0 Å². The maximum Gasteiger partial charge on any atom is 0.0682 e. The maximum absolute atomic E-state index is 8.64. The van der Waals surface area contributed by atoms with Gasteiger partial charge in [0.25, 0.3) is 0 Å². The molecule has 0 bridgehead atoms. The van der Waals surface area contributed by atoms with Crippen molar-refractivity contribution in [2.75, 3.05) is 18.8 Å². The third-order valence-corrected chi connectivity index (χ3v) is 7.08. The van der Waals surface area contributed by atoms with E-state index in [1.54, 1.807) is 0 Å². The quantitative estimate of drug-likeness (QED) is 0.812. The van der Waals surface area contributed by atoms with Crippen molar-refractivity contribution in [1.82, 2.24) is 0 Å². The summed E-state index contributed by atoms with van der Waals surface area (Å²) in [7, 11) is -0.340. The fraction of sp³-hybridized carbons (Fsp3) is 0.571. The molecule has 0 unspecified atom stereocenters. The van der Waals surface area contributed by atoms with E-state index in [2.05, 4.69) is 55.5 Å². The van der Waals surface area contributed by atoms with Gasteiger partial charge < -0.3 is 5.11 Å². The van der Waals surface area contributed by atoms with E-state index >= 15 is 0 Å². The van der Waals surface area contributed by atoms with E-state index in [0.717, 1.165) is 10.0 Å². The van der Waals surface area contributed by atoms with Gasteiger partial charge in [0, 0.05) is 4.47 Å².